The SMILES string of the molecule is Cc1cc(F)c(OCF)c(F)c1. The van der Waals surface area contributed by atoms with E-state index in [9.17, 15) is 13.2 Å². The van der Waals surface area contributed by atoms with Gasteiger partial charge in [-0.15, -0.1) is 0 Å². The highest BCUT2D eigenvalue weighted by molar-refractivity contribution is 5.30. The second-order valence-electron chi connectivity index (χ2n) is 2.31. The zero-order chi connectivity index (χ0) is 9.14. The number of hydrogen-bond acceptors (Lipinski definition) is 1. The summed E-state index contributed by atoms with van der Waals surface area (Å²) in [6.45, 7) is 0.294. The fourth-order valence-electron chi connectivity index (χ4n) is 0.879. The lowest BCUT2D eigenvalue weighted by Crippen LogP contribution is -1.97. The summed E-state index contributed by atoms with van der Waals surface area (Å²) in [7, 11) is 0. The molecule has 0 saturated heterocycles. The molecule has 66 valence electrons. The summed E-state index contributed by atoms with van der Waals surface area (Å²) in [6.07, 6.45) is 0. The highest BCUT2D eigenvalue weighted by atomic mass is 19.1. The average molecular weight is 176 g/mol. The lowest BCUT2D eigenvalue weighted by Gasteiger charge is -2.04. The Balaban J connectivity index is 3.10. The first-order valence-corrected chi connectivity index (χ1v) is 3.29. The molecule has 1 rings (SSSR count). The molecule has 0 saturated carbocycles. The molecule has 0 atom stereocenters. The zero-order valence-electron chi connectivity index (χ0n) is 6.40. The number of alkyl halides is 1. The summed E-state index contributed by atoms with van der Waals surface area (Å²) >= 11 is 0. The van der Waals surface area contributed by atoms with Gasteiger partial charge in [0, 0.05) is 0 Å². The van der Waals surface area contributed by atoms with Gasteiger partial charge in [0.15, 0.2) is 17.4 Å². The molecule has 4 heteroatoms. The molecule has 0 spiro atoms. The van der Waals surface area contributed by atoms with Crippen molar-refractivity contribution in [3.63, 3.8) is 0 Å². The highest BCUT2D eigenvalue weighted by Gasteiger charge is 2.10. The van der Waals surface area contributed by atoms with Crippen molar-refractivity contribution in [3.8, 4) is 5.75 Å². The van der Waals surface area contributed by atoms with Crippen molar-refractivity contribution >= 4 is 0 Å². The van der Waals surface area contributed by atoms with Crippen molar-refractivity contribution in [3.05, 3.63) is 29.3 Å². The molecule has 0 radical (unpaired) electrons. The third-order valence-electron chi connectivity index (χ3n) is 1.34. The van der Waals surface area contributed by atoms with Crippen molar-refractivity contribution < 1.29 is 17.9 Å². The summed E-state index contributed by atoms with van der Waals surface area (Å²) in [5, 5.41) is 0. The Hall–Kier alpha value is -1.19. The molecule has 0 bridgehead atoms. The molecule has 12 heavy (non-hydrogen) atoms. The first-order valence-electron chi connectivity index (χ1n) is 3.29. The van der Waals surface area contributed by atoms with Crippen LogP contribution in [0.25, 0.3) is 0 Å². The van der Waals surface area contributed by atoms with E-state index in [2.05, 4.69) is 4.74 Å². The third kappa shape index (κ3) is 1.69. The topological polar surface area (TPSA) is 9.23 Å². The van der Waals surface area contributed by atoms with Crippen LogP contribution in [0, 0.1) is 18.6 Å². The molecular weight excluding hydrogens is 169 g/mol. The lowest BCUT2D eigenvalue weighted by atomic mass is 10.2. The van der Waals surface area contributed by atoms with Gasteiger partial charge in [0.05, 0.1) is 0 Å². The van der Waals surface area contributed by atoms with Crippen molar-refractivity contribution in [2.24, 2.45) is 0 Å². The number of aryl methyl sites for hydroxylation is 1. The maximum atomic E-state index is 12.8. The number of ether oxygens (including phenoxy) is 1. The molecule has 0 fully saturated rings. The average Bonchev–Trinajstić information content (AvgIpc) is 1.96. The van der Waals surface area contributed by atoms with Crippen molar-refractivity contribution in [1.29, 1.82) is 0 Å². The maximum Gasteiger partial charge on any atom is 0.228 e. The van der Waals surface area contributed by atoms with E-state index in [0.717, 1.165) is 12.1 Å². The zero-order valence-corrected chi connectivity index (χ0v) is 6.40. The second kappa shape index (κ2) is 3.47. The van der Waals surface area contributed by atoms with Gasteiger partial charge in [-0.2, -0.15) is 0 Å². The molecular formula is C8H7F3O. The van der Waals surface area contributed by atoms with Gasteiger partial charge in [0.2, 0.25) is 6.86 Å². The van der Waals surface area contributed by atoms with E-state index >= 15 is 0 Å². The summed E-state index contributed by atoms with van der Waals surface area (Å²) in [6, 6.07) is 2.15. The van der Waals surface area contributed by atoms with Gasteiger partial charge in [0.1, 0.15) is 0 Å². The molecule has 0 aliphatic rings. The van der Waals surface area contributed by atoms with Gasteiger partial charge in [-0.25, -0.2) is 13.2 Å². The van der Waals surface area contributed by atoms with Crippen molar-refractivity contribution in [1.82, 2.24) is 0 Å². The maximum absolute atomic E-state index is 12.8. The first-order chi connectivity index (χ1) is 5.65. The van der Waals surface area contributed by atoms with Gasteiger partial charge in [-0.05, 0) is 24.6 Å². The smallest absolute Gasteiger partial charge is 0.228 e. The van der Waals surface area contributed by atoms with E-state index in [1.54, 1.807) is 0 Å². The Kier molecular flexibility index (Phi) is 2.58. The predicted molar refractivity (Wildman–Crippen MR) is 37.7 cm³/mol. The largest absolute Gasteiger partial charge is 0.457 e. The highest BCUT2D eigenvalue weighted by Crippen LogP contribution is 2.22. The van der Waals surface area contributed by atoms with Gasteiger partial charge in [-0.3, -0.25) is 0 Å². The number of rotatable bonds is 2. The van der Waals surface area contributed by atoms with Crippen LogP contribution in [0.1, 0.15) is 5.56 Å². The minimum absolute atomic E-state index is 0.427. The fourth-order valence-corrected chi connectivity index (χ4v) is 0.879. The monoisotopic (exact) mass is 176 g/mol. The molecule has 0 unspecified atom stereocenters. The minimum atomic E-state index is -1.24. The molecule has 1 aromatic rings. The molecule has 0 aliphatic carbocycles. The van der Waals surface area contributed by atoms with Gasteiger partial charge >= 0.3 is 0 Å². The predicted octanol–water partition coefficient (Wildman–Crippen LogP) is 2.58. The third-order valence-corrected chi connectivity index (χ3v) is 1.34. The van der Waals surface area contributed by atoms with E-state index in [1.807, 2.05) is 0 Å². The van der Waals surface area contributed by atoms with E-state index < -0.39 is 24.2 Å². The number of benzene rings is 1. The van der Waals surface area contributed by atoms with Gasteiger partial charge in [0.25, 0.3) is 0 Å². The van der Waals surface area contributed by atoms with Crippen LogP contribution in [0.2, 0.25) is 0 Å². The van der Waals surface area contributed by atoms with Crippen molar-refractivity contribution in [2.45, 2.75) is 6.92 Å². The van der Waals surface area contributed by atoms with Crippen LogP contribution in [-0.4, -0.2) is 6.86 Å². The molecule has 0 aromatic heterocycles. The van der Waals surface area contributed by atoms with Crippen LogP contribution < -0.4 is 4.74 Å². The van der Waals surface area contributed by atoms with Crippen molar-refractivity contribution in [2.75, 3.05) is 6.86 Å². The van der Waals surface area contributed by atoms with Crippen LogP contribution in [0.15, 0.2) is 12.1 Å². The fraction of sp³-hybridized carbons (Fsp3) is 0.250. The Morgan fingerprint density at radius 2 is 1.75 bits per heavy atom. The van der Waals surface area contributed by atoms with Crippen LogP contribution in [-0.2, 0) is 0 Å². The lowest BCUT2D eigenvalue weighted by molar-refractivity contribution is 0.176. The molecule has 0 aliphatic heterocycles. The molecule has 1 aromatic carbocycles. The second-order valence-corrected chi connectivity index (χ2v) is 2.31. The van der Waals surface area contributed by atoms with Gasteiger partial charge < -0.3 is 4.74 Å². The summed E-state index contributed by atoms with van der Waals surface area (Å²) in [5.74, 6) is -2.43. The van der Waals surface area contributed by atoms with Crippen LogP contribution in [0.5, 0.6) is 5.75 Å². The van der Waals surface area contributed by atoms with Gasteiger partial charge in [-0.1, -0.05) is 0 Å². The normalized spacial score (nSPS) is 10.0. The van der Waals surface area contributed by atoms with E-state index in [1.165, 1.54) is 6.92 Å². The van der Waals surface area contributed by atoms with Crippen LogP contribution in [0.3, 0.4) is 0 Å². The molecule has 0 heterocycles. The molecule has 1 nitrogen and oxygen atoms in total. The van der Waals surface area contributed by atoms with E-state index in [4.69, 9.17) is 0 Å². The number of hydrogen-bond donors (Lipinski definition) is 0. The molecule has 0 amide bonds. The summed E-state index contributed by atoms with van der Waals surface area (Å²) in [4.78, 5) is 0. The van der Waals surface area contributed by atoms with Crippen LogP contribution in [0.4, 0.5) is 13.2 Å². The minimum Gasteiger partial charge on any atom is -0.457 e. The van der Waals surface area contributed by atoms with Crippen LogP contribution >= 0.6 is 0 Å². The quantitative estimate of drug-likeness (QED) is 0.672. The Morgan fingerprint density at radius 1 is 1.25 bits per heavy atom. The molecule has 0 N–H and O–H groups in total. The Labute approximate surface area is 67.8 Å². The van der Waals surface area contributed by atoms with E-state index in [0.29, 0.717) is 5.56 Å². The number of halogens is 3. The standard InChI is InChI=1S/C8H7F3O/c1-5-2-6(10)8(12-4-9)7(11)3-5/h2-3H,4H2,1H3. The Bertz CT molecular complexity index is 263. The summed E-state index contributed by atoms with van der Waals surface area (Å²) < 4.78 is 41.2. The summed E-state index contributed by atoms with van der Waals surface area (Å²) in [5.41, 5.74) is 0.427. The Morgan fingerprint density at radius 3 is 2.17 bits per heavy atom. The van der Waals surface area contributed by atoms with E-state index in [-0.39, 0.29) is 0 Å². The first kappa shape index (κ1) is 8.90.